The average Bonchev–Trinajstić information content (AvgIpc) is 2.47. The highest BCUT2D eigenvalue weighted by molar-refractivity contribution is 7.99. The zero-order valence-electron chi connectivity index (χ0n) is 7.26. The fraction of sp³-hybridized carbons (Fsp3) is 0.222. The van der Waals surface area contributed by atoms with Gasteiger partial charge in [0.05, 0.1) is 11.0 Å². The molecule has 0 aliphatic heterocycles. The van der Waals surface area contributed by atoms with Crippen LogP contribution in [0.15, 0.2) is 27.9 Å². The fourth-order valence-corrected chi connectivity index (χ4v) is 2.10. The molecule has 4 heteroatoms. The van der Waals surface area contributed by atoms with E-state index in [1.165, 1.54) is 0 Å². The van der Waals surface area contributed by atoms with Crippen LogP contribution < -0.4 is 5.69 Å². The lowest BCUT2D eigenvalue weighted by Crippen LogP contribution is -1.99. The predicted octanol–water partition coefficient (Wildman–Crippen LogP) is 1.97. The van der Waals surface area contributed by atoms with E-state index >= 15 is 0 Å². The molecule has 1 aromatic heterocycles. The number of thioether (sulfide) groups is 1. The summed E-state index contributed by atoms with van der Waals surface area (Å²) < 4.78 is 0. The highest BCUT2D eigenvalue weighted by Crippen LogP contribution is 2.23. The molecule has 0 radical (unpaired) electrons. The molecule has 0 spiro atoms. The van der Waals surface area contributed by atoms with Crippen LogP contribution in [0.25, 0.3) is 11.0 Å². The zero-order chi connectivity index (χ0) is 9.26. The van der Waals surface area contributed by atoms with Crippen LogP contribution in [-0.2, 0) is 0 Å². The third kappa shape index (κ3) is 1.49. The van der Waals surface area contributed by atoms with Crippen molar-refractivity contribution in [3.63, 3.8) is 0 Å². The number of para-hydroxylation sites is 1. The van der Waals surface area contributed by atoms with Crippen LogP contribution in [0, 0.1) is 0 Å². The average molecular weight is 194 g/mol. The van der Waals surface area contributed by atoms with Crippen LogP contribution in [0.5, 0.6) is 0 Å². The normalized spacial score (nSPS) is 10.8. The summed E-state index contributed by atoms with van der Waals surface area (Å²) in [5, 5.41) is 0. The van der Waals surface area contributed by atoms with Gasteiger partial charge in [-0.2, -0.15) is 0 Å². The molecule has 13 heavy (non-hydrogen) atoms. The number of H-pyrrole nitrogens is 2. The summed E-state index contributed by atoms with van der Waals surface area (Å²) in [5.74, 6) is 1.01. The van der Waals surface area contributed by atoms with E-state index in [9.17, 15) is 4.79 Å². The number of hydrogen-bond donors (Lipinski definition) is 2. The van der Waals surface area contributed by atoms with E-state index in [0.29, 0.717) is 0 Å². The van der Waals surface area contributed by atoms with Gasteiger partial charge in [-0.1, -0.05) is 13.0 Å². The van der Waals surface area contributed by atoms with Gasteiger partial charge in [0.2, 0.25) is 0 Å². The number of rotatable bonds is 2. The topological polar surface area (TPSA) is 48.6 Å². The van der Waals surface area contributed by atoms with Gasteiger partial charge >= 0.3 is 5.69 Å². The minimum atomic E-state index is -0.140. The Balaban J connectivity index is 2.67. The Bertz CT molecular complexity index is 472. The standard InChI is InChI=1S/C9H10N2OS/c1-2-13-7-5-3-4-6-8(7)11-9(12)10-6/h3-5H,2H2,1H3,(H2,10,11,12). The lowest BCUT2D eigenvalue weighted by atomic mass is 10.3. The maximum atomic E-state index is 11.0. The van der Waals surface area contributed by atoms with Gasteiger partial charge in [-0.25, -0.2) is 4.79 Å². The Morgan fingerprint density at radius 3 is 3.00 bits per heavy atom. The van der Waals surface area contributed by atoms with E-state index < -0.39 is 0 Å². The zero-order valence-corrected chi connectivity index (χ0v) is 8.07. The lowest BCUT2D eigenvalue weighted by molar-refractivity contribution is 1.21. The second-order valence-electron chi connectivity index (χ2n) is 2.69. The van der Waals surface area contributed by atoms with Crippen molar-refractivity contribution in [2.45, 2.75) is 11.8 Å². The van der Waals surface area contributed by atoms with E-state index in [4.69, 9.17) is 0 Å². The summed E-state index contributed by atoms with van der Waals surface area (Å²) in [7, 11) is 0. The largest absolute Gasteiger partial charge is 0.323 e. The van der Waals surface area contributed by atoms with Gasteiger partial charge in [-0.05, 0) is 17.9 Å². The van der Waals surface area contributed by atoms with Crippen LogP contribution in [-0.4, -0.2) is 15.7 Å². The van der Waals surface area contributed by atoms with Crippen LogP contribution in [0.3, 0.4) is 0 Å². The van der Waals surface area contributed by atoms with Crippen molar-refractivity contribution in [1.29, 1.82) is 0 Å². The molecular weight excluding hydrogens is 184 g/mol. The smallest absolute Gasteiger partial charge is 0.306 e. The van der Waals surface area contributed by atoms with E-state index in [1.807, 2.05) is 18.2 Å². The van der Waals surface area contributed by atoms with Gasteiger partial charge in [-0.3, -0.25) is 0 Å². The van der Waals surface area contributed by atoms with Crippen LogP contribution in [0.4, 0.5) is 0 Å². The molecular formula is C9H10N2OS. The number of benzene rings is 1. The van der Waals surface area contributed by atoms with E-state index in [-0.39, 0.29) is 5.69 Å². The van der Waals surface area contributed by atoms with Crippen molar-refractivity contribution in [1.82, 2.24) is 9.97 Å². The quantitative estimate of drug-likeness (QED) is 0.718. The molecule has 0 fully saturated rings. The first-order valence-corrected chi connectivity index (χ1v) is 5.13. The summed E-state index contributed by atoms with van der Waals surface area (Å²) in [5.41, 5.74) is 1.65. The highest BCUT2D eigenvalue weighted by atomic mass is 32.2. The molecule has 0 aliphatic rings. The summed E-state index contributed by atoms with van der Waals surface area (Å²) >= 11 is 1.73. The molecule has 2 aromatic rings. The molecule has 68 valence electrons. The van der Waals surface area contributed by atoms with Crippen molar-refractivity contribution in [2.24, 2.45) is 0 Å². The molecule has 1 heterocycles. The molecule has 0 saturated carbocycles. The summed E-state index contributed by atoms with van der Waals surface area (Å²) in [4.78, 5) is 17.7. The maximum Gasteiger partial charge on any atom is 0.323 e. The van der Waals surface area contributed by atoms with E-state index in [2.05, 4.69) is 16.9 Å². The number of aromatic amines is 2. The fourth-order valence-electron chi connectivity index (χ4n) is 1.31. The van der Waals surface area contributed by atoms with Crippen LogP contribution >= 0.6 is 11.8 Å². The summed E-state index contributed by atoms with van der Waals surface area (Å²) in [6, 6.07) is 5.86. The number of nitrogens with one attached hydrogen (secondary N) is 2. The number of imidazole rings is 1. The third-order valence-electron chi connectivity index (χ3n) is 1.81. The summed E-state index contributed by atoms with van der Waals surface area (Å²) in [6.45, 7) is 2.09. The molecule has 0 saturated heterocycles. The first kappa shape index (κ1) is 8.44. The Labute approximate surface area is 79.6 Å². The molecule has 0 atom stereocenters. The van der Waals surface area contributed by atoms with E-state index in [0.717, 1.165) is 21.7 Å². The summed E-state index contributed by atoms with van der Waals surface area (Å²) in [6.07, 6.45) is 0. The first-order chi connectivity index (χ1) is 6.31. The second-order valence-corrected chi connectivity index (χ2v) is 4.00. The number of hydrogen-bond acceptors (Lipinski definition) is 2. The van der Waals surface area contributed by atoms with Crippen molar-refractivity contribution in [3.05, 3.63) is 28.7 Å². The van der Waals surface area contributed by atoms with Crippen molar-refractivity contribution in [2.75, 3.05) is 5.75 Å². The van der Waals surface area contributed by atoms with Crippen molar-refractivity contribution >= 4 is 22.8 Å². The van der Waals surface area contributed by atoms with Gasteiger partial charge in [0, 0.05) is 4.90 Å². The second kappa shape index (κ2) is 3.30. The number of aromatic nitrogens is 2. The predicted molar refractivity (Wildman–Crippen MR) is 55.3 cm³/mol. The molecule has 0 bridgehead atoms. The SMILES string of the molecule is CCSc1cccc2[nH]c(=O)[nH]c12. The molecule has 0 aliphatic carbocycles. The molecule has 3 nitrogen and oxygen atoms in total. The molecule has 0 unspecified atom stereocenters. The third-order valence-corrected chi connectivity index (χ3v) is 2.75. The van der Waals surface area contributed by atoms with Crippen LogP contribution in [0.2, 0.25) is 0 Å². The monoisotopic (exact) mass is 194 g/mol. The van der Waals surface area contributed by atoms with Gasteiger partial charge in [0.1, 0.15) is 0 Å². The molecule has 1 aromatic carbocycles. The Morgan fingerprint density at radius 2 is 2.23 bits per heavy atom. The van der Waals surface area contributed by atoms with Gasteiger partial charge in [-0.15, -0.1) is 11.8 Å². The number of fused-ring (bicyclic) bond motifs is 1. The molecule has 0 amide bonds. The van der Waals surface area contributed by atoms with Crippen molar-refractivity contribution < 1.29 is 0 Å². The van der Waals surface area contributed by atoms with Crippen LogP contribution in [0.1, 0.15) is 6.92 Å². The minimum absolute atomic E-state index is 0.140. The van der Waals surface area contributed by atoms with E-state index in [1.54, 1.807) is 11.8 Å². The highest BCUT2D eigenvalue weighted by Gasteiger charge is 2.02. The Hall–Kier alpha value is -1.16. The lowest BCUT2D eigenvalue weighted by Gasteiger charge is -1.98. The Kier molecular flexibility index (Phi) is 2.14. The molecule has 2 N–H and O–H groups in total. The van der Waals surface area contributed by atoms with Crippen molar-refractivity contribution in [3.8, 4) is 0 Å². The Morgan fingerprint density at radius 1 is 1.38 bits per heavy atom. The minimum Gasteiger partial charge on any atom is -0.306 e. The van der Waals surface area contributed by atoms with Gasteiger partial charge < -0.3 is 9.97 Å². The van der Waals surface area contributed by atoms with Gasteiger partial charge in [0.25, 0.3) is 0 Å². The molecule has 2 rings (SSSR count). The van der Waals surface area contributed by atoms with Gasteiger partial charge in [0.15, 0.2) is 0 Å². The maximum absolute atomic E-state index is 11.0. The first-order valence-electron chi connectivity index (χ1n) is 4.15.